The van der Waals surface area contributed by atoms with Gasteiger partial charge in [0.15, 0.2) is 0 Å². The molecule has 1 rings (SSSR count). The van der Waals surface area contributed by atoms with Gasteiger partial charge in [0.1, 0.15) is 0 Å². The summed E-state index contributed by atoms with van der Waals surface area (Å²) >= 11 is 0. The van der Waals surface area contributed by atoms with Crippen molar-refractivity contribution in [2.75, 3.05) is 0 Å². The maximum atomic E-state index is 10.7. The van der Waals surface area contributed by atoms with Crippen molar-refractivity contribution in [2.45, 2.75) is 71.8 Å². The van der Waals surface area contributed by atoms with Crippen LogP contribution in [0.1, 0.15) is 65.2 Å². The van der Waals surface area contributed by atoms with Crippen LogP contribution in [0.5, 0.6) is 0 Å². The zero-order valence-electron chi connectivity index (χ0n) is 14.4. The summed E-state index contributed by atoms with van der Waals surface area (Å²) in [6, 6.07) is 6.59. The number of carbonyl (C=O) groups is 1. The molecule has 3 nitrogen and oxygen atoms in total. The Hall–Kier alpha value is -1.51. The first-order chi connectivity index (χ1) is 9.39. The van der Waals surface area contributed by atoms with Gasteiger partial charge in [-0.15, -0.1) is 0 Å². The first-order valence-electron chi connectivity index (χ1n) is 7.54. The smallest absolute Gasteiger partial charge is 0.404 e. The molecule has 0 aliphatic carbocycles. The molecule has 0 spiro atoms. The van der Waals surface area contributed by atoms with Gasteiger partial charge in [0.05, 0.1) is 0 Å². The van der Waals surface area contributed by atoms with E-state index >= 15 is 0 Å². The van der Waals surface area contributed by atoms with Crippen LogP contribution in [0.15, 0.2) is 18.2 Å². The lowest BCUT2D eigenvalue weighted by atomic mass is 9.79. The van der Waals surface area contributed by atoms with E-state index in [9.17, 15) is 4.79 Å². The molecule has 3 heteroatoms. The second kappa shape index (κ2) is 6.08. The van der Waals surface area contributed by atoms with Gasteiger partial charge in [0.25, 0.3) is 0 Å². The third-order valence-corrected chi connectivity index (χ3v) is 3.64. The maximum Gasteiger partial charge on any atom is 0.404 e. The average molecular weight is 291 g/mol. The van der Waals surface area contributed by atoms with Crippen molar-refractivity contribution in [3.63, 3.8) is 0 Å². The van der Waals surface area contributed by atoms with E-state index in [1.54, 1.807) is 0 Å². The van der Waals surface area contributed by atoms with Crippen molar-refractivity contribution in [1.29, 1.82) is 0 Å². The molecule has 0 fully saturated rings. The van der Waals surface area contributed by atoms with Crippen molar-refractivity contribution < 1.29 is 9.90 Å². The van der Waals surface area contributed by atoms with Gasteiger partial charge < -0.3 is 10.4 Å². The van der Waals surface area contributed by atoms with E-state index in [0.29, 0.717) is 6.42 Å². The fraction of sp³-hybridized carbons (Fsp3) is 0.611. The second-order valence-electron chi connectivity index (χ2n) is 7.97. The van der Waals surface area contributed by atoms with Crippen LogP contribution in [0, 0.1) is 0 Å². The van der Waals surface area contributed by atoms with Crippen LogP contribution in [0.2, 0.25) is 0 Å². The SMILES string of the molecule is CC(Cc1cc(C(C)(C)C)cc(C(C)(C)C)c1)NC(=O)O. The number of amides is 1. The van der Waals surface area contributed by atoms with Crippen molar-refractivity contribution in [3.8, 4) is 0 Å². The molecule has 1 aromatic carbocycles. The number of hydrogen-bond donors (Lipinski definition) is 2. The number of carboxylic acid groups (broad SMARTS) is 1. The maximum absolute atomic E-state index is 10.7. The van der Waals surface area contributed by atoms with Crippen LogP contribution >= 0.6 is 0 Å². The molecule has 0 saturated carbocycles. The zero-order valence-corrected chi connectivity index (χ0v) is 14.4. The summed E-state index contributed by atoms with van der Waals surface area (Å²) in [5, 5.41) is 11.3. The molecule has 0 saturated heterocycles. The second-order valence-corrected chi connectivity index (χ2v) is 7.97. The topological polar surface area (TPSA) is 49.3 Å². The van der Waals surface area contributed by atoms with Crippen LogP contribution in [-0.2, 0) is 17.3 Å². The van der Waals surface area contributed by atoms with Crippen molar-refractivity contribution >= 4 is 6.09 Å². The molecule has 1 amide bonds. The molecular formula is C18H29NO2. The van der Waals surface area contributed by atoms with Gasteiger partial charge in [0, 0.05) is 6.04 Å². The Morgan fingerprint density at radius 3 is 1.81 bits per heavy atom. The molecular weight excluding hydrogens is 262 g/mol. The Kier molecular flexibility index (Phi) is 5.08. The standard InChI is InChI=1S/C18H29NO2/c1-12(19-16(20)21)8-13-9-14(17(2,3)4)11-15(10-13)18(5,6)7/h9-12,19H,8H2,1-7H3,(H,20,21). The minimum Gasteiger partial charge on any atom is -0.465 e. The predicted octanol–water partition coefficient (Wildman–Crippen LogP) is 4.48. The van der Waals surface area contributed by atoms with Gasteiger partial charge in [-0.25, -0.2) is 4.79 Å². The average Bonchev–Trinajstić information content (AvgIpc) is 2.24. The van der Waals surface area contributed by atoms with E-state index in [1.807, 2.05) is 6.92 Å². The van der Waals surface area contributed by atoms with Crippen LogP contribution in [0.4, 0.5) is 4.79 Å². The van der Waals surface area contributed by atoms with Gasteiger partial charge >= 0.3 is 6.09 Å². The van der Waals surface area contributed by atoms with Crippen molar-refractivity contribution in [2.24, 2.45) is 0 Å². The summed E-state index contributed by atoms with van der Waals surface area (Å²) in [5.41, 5.74) is 3.95. The molecule has 0 aliphatic heterocycles. The fourth-order valence-corrected chi connectivity index (χ4v) is 2.29. The summed E-state index contributed by atoms with van der Waals surface area (Å²) in [5.74, 6) is 0. The highest BCUT2D eigenvalue weighted by Gasteiger charge is 2.21. The van der Waals surface area contributed by atoms with Gasteiger partial charge in [-0.05, 0) is 40.9 Å². The van der Waals surface area contributed by atoms with Crippen LogP contribution in [0.3, 0.4) is 0 Å². The van der Waals surface area contributed by atoms with Crippen LogP contribution < -0.4 is 5.32 Å². The molecule has 0 bridgehead atoms. The molecule has 1 atom stereocenters. The zero-order chi connectivity index (χ0) is 16.4. The molecule has 2 N–H and O–H groups in total. The van der Waals surface area contributed by atoms with Crippen molar-refractivity contribution in [1.82, 2.24) is 5.32 Å². The monoisotopic (exact) mass is 291 g/mol. The Morgan fingerprint density at radius 1 is 1.05 bits per heavy atom. The Bertz CT molecular complexity index is 475. The highest BCUT2D eigenvalue weighted by atomic mass is 16.4. The Balaban J connectivity index is 3.17. The quantitative estimate of drug-likeness (QED) is 0.862. The summed E-state index contributed by atoms with van der Waals surface area (Å²) in [4.78, 5) is 10.7. The lowest BCUT2D eigenvalue weighted by Gasteiger charge is -2.26. The summed E-state index contributed by atoms with van der Waals surface area (Å²) in [6.07, 6.45) is -0.259. The number of hydrogen-bond acceptors (Lipinski definition) is 1. The predicted molar refractivity (Wildman–Crippen MR) is 88.2 cm³/mol. The van der Waals surface area contributed by atoms with E-state index < -0.39 is 6.09 Å². The molecule has 0 aromatic heterocycles. The van der Waals surface area contributed by atoms with E-state index in [4.69, 9.17) is 5.11 Å². The first-order valence-corrected chi connectivity index (χ1v) is 7.54. The summed E-state index contributed by atoms with van der Waals surface area (Å²) in [6.45, 7) is 15.1. The van der Waals surface area contributed by atoms with E-state index in [0.717, 1.165) is 0 Å². The lowest BCUT2D eigenvalue weighted by Crippen LogP contribution is -2.32. The van der Waals surface area contributed by atoms with Gasteiger partial charge in [-0.1, -0.05) is 59.7 Å². The summed E-state index contributed by atoms with van der Waals surface area (Å²) < 4.78 is 0. The van der Waals surface area contributed by atoms with E-state index in [2.05, 4.69) is 65.1 Å². The summed E-state index contributed by atoms with van der Waals surface area (Å²) in [7, 11) is 0. The van der Waals surface area contributed by atoms with Crippen molar-refractivity contribution in [3.05, 3.63) is 34.9 Å². The Labute approximate surface area is 128 Å². The fourth-order valence-electron chi connectivity index (χ4n) is 2.29. The third-order valence-electron chi connectivity index (χ3n) is 3.64. The van der Waals surface area contributed by atoms with Gasteiger partial charge in [-0.3, -0.25) is 0 Å². The number of rotatable bonds is 3. The van der Waals surface area contributed by atoms with E-state index in [-0.39, 0.29) is 16.9 Å². The number of nitrogens with one attached hydrogen (secondary N) is 1. The van der Waals surface area contributed by atoms with Crippen LogP contribution in [-0.4, -0.2) is 17.2 Å². The van der Waals surface area contributed by atoms with Crippen LogP contribution in [0.25, 0.3) is 0 Å². The van der Waals surface area contributed by atoms with E-state index in [1.165, 1.54) is 16.7 Å². The molecule has 0 radical (unpaired) electrons. The molecule has 0 heterocycles. The first kappa shape index (κ1) is 17.5. The molecule has 1 unspecified atom stereocenters. The minimum atomic E-state index is -0.967. The molecule has 21 heavy (non-hydrogen) atoms. The highest BCUT2D eigenvalue weighted by molar-refractivity contribution is 5.64. The van der Waals surface area contributed by atoms with Gasteiger partial charge in [0.2, 0.25) is 0 Å². The normalized spacial score (nSPS) is 13.9. The Morgan fingerprint density at radius 2 is 1.48 bits per heavy atom. The molecule has 1 aromatic rings. The molecule has 0 aliphatic rings. The molecule has 118 valence electrons. The number of benzene rings is 1. The lowest BCUT2D eigenvalue weighted by molar-refractivity contribution is 0.190. The minimum absolute atomic E-state index is 0.0828. The largest absolute Gasteiger partial charge is 0.465 e. The van der Waals surface area contributed by atoms with Gasteiger partial charge in [-0.2, -0.15) is 0 Å². The highest BCUT2D eigenvalue weighted by Crippen LogP contribution is 2.30. The third kappa shape index (κ3) is 5.41.